The maximum absolute atomic E-state index is 15.3. The highest BCUT2D eigenvalue weighted by Crippen LogP contribution is 2.36. The lowest BCUT2D eigenvalue weighted by Gasteiger charge is -2.31. The van der Waals surface area contributed by atoms with Crippen LogP contribution in [-0.2, 0) is 0 Å². The Kier molecular flexibility index (Phi) is 8.84. The van der Waals surface area contributed by atoms with Crippen molar-refractivity contribution in [2.24, 2.45) is 0 Å². The summed E-state index contributed by atoms with van der Waals surface area (Å²) in [5.74, 6) is -1.000. The van der Waals surface area contributed by atoms with E-state index < -0.39 is 30.2 Å². The second-order valence-electron chi connectivity index (χ2n) is 11.4. The third-order valence-corrected chi connectivity index (χ3v) is 9.03. The summed E-state index contributed by atoms with van der Waals surface area (Å²) in [5, 5.41) is 20.6. The molecule has 0 aliphatic carbocycles. The zero-order chi connectivity index (χ0) is 33.4. The number of thiazole rings is 1. The van der Waals surface area contributed by atoms with E-state index >= 15 is 4.39 Å². The predicted octanol–water partition coefficient (Wildman–Crippen LogP) is 5.09. The second kappa shape index (κ2) is 13.0. The fourth-order valence-electron chi connectivity index (χ4n) is 5.49. The molecule has 1 aliphatic heterocycles. The van der Waals surface area contributed by atoms with Gasteiger partial charge < -0.3 is 24.6 Å². The number of amides is 2. The first-order valence-electron chi connectivity index (χ1n) is 14.9. The highest BCUT2D eigenvalue weighted by Gasteiger charge is 2.30. The number of carbonyl (C=O) groups excluding carboxylic acids is 1. The molecule has 2 amide bonds. The normalized spacial score (nSPS) is 16.2. The van der Waals surface area contributed by atoms with Gasteiger partial charge in [0, 0.05) is 24.7 Å². The first kappa shape index (κ1) is 31.9. The zero-order valence-electron chi connectivity index (χ0n) is 26.0. The van der Waals surface area contributed by atoms with Gasteiger partial charge in [-0.05, 0) is 63.4 Å². The average molecular weight is 662 g/mol. The van der Waals surface area contributed by atoms with Gasteiger partial charge in [-0.25, -0.2) is 29.1 Å². The molecule has 1 aromatic carbocycles. The summed E-state index contributed by atoms with van der Waals surface area (Å²) in [6, 6.07) is 7.17. The Morgan fingerprint density at radius 1 is 1.11 bits per heavy atom. The number of fused-ring (bicyclic) bond motifs is 2. The third-order valence-electron chi connectivity index (χ3n) is 8.03. The van der Waals surface area contributed by atoms with E-state index in [0.717, 1.165) is 16.0 Å². The van der Waals surface area contributed by atoms with E-state index in [1.165, 1.54) is 53.9 Å². The number of carboxylic acid groups (broad SMARTS) is 1. The number of rotatable bonds is 8. The fourth-order valence-corrected chi connectivity index (χ4v) is 6.42. The van der Waals surface area contributed by atoms with E-state index in [2.05, 4.69) is 24.9 Å². The molecule has 0 saturated carbocycles. The molecule has 0 spiro atoms. The first-order valence-corrected chi connectivity index (χ1v) is 15.7. The first-order chi connectivity index (χ1) is 22.5. The zero-order valence-corrected chi connectivity index (χ0v) is 26.9. The Balaban J connectivity index is 1.22. The van der Waals surface area contributed by atoms with Gasteiger partial charge in [0.15, 0.2) is 5.82 Å². The highest BCUT2D eigenvalue weighted by molar-refractivity contribution is 7.21. The number of aliphatic hydroxyl groups is 1. The largest absolute Gasteiger partial charge is 0.480 e. The minimum atomic E-state index is -1.28. The minimum absolute atomic E-state index is 0.138. The van der Waals surface area contributed by atoms with Crippen LogP contribution in [0.5, 0.6) is 11.8 Å². The van der Waals surface area contributed by atoms with Gasteiger partial charge in [-0.2, -0.15) is 4.98 Å². The number of methoxy groups -OCH3 is 1. The van der Waals surface area contributed by atoms with Gasteiger partial charge >= 0.3 is 6.09 Å². The summed E-state index contributed by atoms with van der Waals surface area (Å²) < 4.78 is 26.4. The molecular formula is C32H32FN7O6S. The number of aliphatic hydroxyl groups excluding tert-OH is 1. The van der Waals surface area contributed by atoms with Crippen molar-refractivity contribution in [1.82, 2.24) is 29.8 Å². The topological polar surface area (TPSA) is 164 Å². The number of nitrogens with zero attached hydrogens (tertiary/aromatic N) is 7. The van der Waals surface area contributed by atoms with E-state index in [9.17, 15) is 19.8 Å². The Bertz CT molecular complexity index is 1970. The molecule has 0 radical (unpaired) electrons. The van der Waals surface area contributed by atoms with Gasteiger partial charge in [-0.15, -0.1) is 0 Å². The number of ether oxygens (including phenoxy) is 2. The van der Waals surface area contributed by atoms with Crippen LogP contribution < -0.4 is 14.4 Å². The summed E-state index contributed by atoms with van der Waals surface area (Å²) >= 11 is 1.24. The molecular weight excluding hydrogens is 629 g/mol. The van der Waals surface area contributed by atoms with Crippen LogP contribution in [0.25, 0.3) is 32.0 Å². The molecule has 1 fully saturated rings. The van der Waals surface area contributed by atoms with Crippen LogP contribution in [0.4, 0.5) is 14.9 Å². The molecule has 5 aromatic rings. The molecule has 15 heteroatoms. The molecule has 6 rings (SSSR count). The number of pyridine rings is 2. The number of anilines is 1. The van der Waals surface area contributed by atoms with E-state index in [0.29, 0.717) is 51.7 Å². The standard InChI is InChI=1S/C32H32FN7O6S/c1-16-10-21(27-24(11-16)36-26(45-4)14-35-27)29-37-25-12-22(33)28(38-30(25)47-29)46-18(3)17(2)40(32(43)44)19-7-8-23(34-13-19)31(42)39-9-5-6-20(41)15-39/h7-8,10-14,17-18,20,41H,5-6,9,15H2,1-4H3,(H,43,44)/t17-,18+,20?/m1/s1. The Morgan fingerprint density at radius 2 is 1.91 bits per heavy atom. The SMILES string of the molecule is COc1cnc2c(-c3nc4cc(F)c(O[C@@H](C)[C@@H](C)N(C(=O)O)c5ccc(C(=O)N6CCCC(O)C6)nc5)nc4s3)cc(C)cc2n1. The smallest absolute Gasteiger partial charge is 0.412 e. The monoisotopic (exact) mass is 661 g/mol. The Morgan fingerprint density at radius 3 is 2.62 bits per heavy atom. The van der Waals surface area contributed by atoms with Crippen LogP contribution in [0.1, 0.15) is 42.7 Å². The predicted molar refractivity (Wildman–Crippen MR) is 173 cm³/mol. The molecule has 1 aliphatic rings. The van der Waals surface area contributed by atoms with Crippen LogP contribution >= 0.6 is 11.3 Å². The molecule has 2 N–H and O–H groups in total. The lowest BCUT2D eigenvalue weighted by molar-refractivity contribution is 0.0469. The number of aryl methyl sites for hydroxylation is 1. The van der Waals surface area contributed by atoms with Crippen molar-refractivity contribution in [2.45, 2.75) is 51.9 Å². The van der Waals surface area contributed by atoms with Crippen molar-refractivity contribution in [3.8, 4) is 22.3 Å². The van der Waals surface area contributed by atoms with Crippen molar-refractivity contribution >= 4 is 50.4 Å². The summed E-state index contributed by atoms with van der Waals surface area (Å²) in [4.78, 5) is 50.4. The molecule has 1 saturated heterocycles. The lowest BCUT2D eigenvalue weighted by Crippen LogP contribution is -2.46. The average Bonchev–Trinajstić information content (AvgIpc) is 3.46. The Hall–Kier alpha value is -5.02. The summed E-state index contributed by atoms with van der Waals surface area (Å²) in [7, 11) is 1.52. The molecule has 5 heterocycles. The van der Waals surface area contributed by atoms with Crippen LogP contribution in [0.2, 0.25) is 0 Å². The number of hydrogen-bond acceptors (Lipinski definition) is 11. The number of β-amino-alcohol motifs (C(OH)–C–C–N with tert-alkyl or cyclic N) is 1. The third kappa shape index (κ3) is 6.49. The summed E-state index contributed by atoms with van der Waals surface area (Å²) in [6.45, 7) is 5.90. The van der Waals surface area contributed by atoms with Crippen LogP contribution in [0.15, 0.2) is 42.7 Å². The van der Waals surface area contributed by atoms with E-state index in [1.54, 1.807) is 13.8 Å². The molecule has 4 aromatic heterocycles. The van der Waals surface area contributed by atoms with Crippen molar-refractivity contribution in [2.75, 3.05) is 25.1 Å². The molecule has 0 bridgehead atoms. The van der Waals surface area contributed by atoms with Gasteiger partial charge in [0.2, 0.25) is 5.88 Å². The maximum atomic E-state index is 15.3. The van der Waals surface area contributed by atoms with Crippen molar-refractivity contribution in [1.29, 1.82) is 0 Å². The number of carbonyl (C=O) groups is 2. The van der Waals surface area contributed by atoms with Crippen molar-refractivity contribution in [3.63, 3.8) is 0 Å². The molecule has 47 heavy (non-hydrogen) atoms. The van der Waals surface area contributed by atoms with Crippen molar-refractivity contribution in [3.05, 3.63) is 59.8 Å². The van der Waals surface area contributed by atoms with Gasteiger partial charge in [0.05, 0.1) is 48.4 Å². The molecule has 3 atom stereocenters. The number of halogens is 1. The highest BCUT2D eigenvalue weighted by atomic mass is 32.1. The quantitative estimate of drug-likeness (QED) is 0.228. The number of aromatic nitrogens is 5. The van der Waals surface area contributed by atoms with Gasteiger partial charge in [-0.3, -0.25) is 9.69 Å². The number of piperidine rings is 1. The fraction of sp³-hybridized carbons (Fsp3) is 0.344. The Labute approximate surface area is 272 Å². The molecule has 244 valence electrons. The van der Waals surface area contributed by atoms with E-state index in [1.807, 2.05) is 19.1 Å². The van der Waals surface area contributed by atoms with Gasteiger partial charge in [0.1, 0.15) is 27.2 Å². The second-order valence-corrected chi connectivity index (χ2v) is 12.4. The summed E-state index contributed by atoms with van der Waals surface area (Å²) in [6.07, 6.45) is 1.43. The number of benzene rings is 1. The van der Waals surface area contributed by atoms with Gasteiger partial charge in [-0.1, -0.05) is 11.3 Å². The van der Waals surface area contributed by atoms with Crippen LogP contribution in [0.3, 0.4) is 0 Å². The lowest BCUT2D eigenvalue weighted by atomic mass is 10.1. The van der Waals surface area contributed by atoms with E-state index in [4.69, 9.17) is 9.47 Å². The maximum Gasteiger partial charge on any atom is 0.412 e. The molecule has 13 nitrogen and oxygen atoms in total. The molecule has 1 unspecified atom stereocenters. The van der Waals surface area contributed by atoms with E-state index in [-0.39, 0.29) is 29.7 Å². The van der Waals surface area contributed by atoms with Crippen molar-refractivity contribution < 1.29 is 33.7 Å². The van der Waals surface area contributed by atoms with Crippen LogP contribution in [0, 0.1) is 12.7 Å². The number of likely N-dealkylation sites (tertiary alicyclic amines) is 1. The van der Waals surface area contributed by atoms with Gasteiger partial charge in [0.25, 0.3) is 11.8 Å². The number of hydrogen-bond donors (Lipinski definition) is 2. The van der Waals surface area contributed by atoms with Crippen LogP contribution in [-0.4, -0.2) is 90.5 Å². The summed E-state index contributed by atoms with van der Waals surface area (Å²) in [5.41, 5.74) is 3.57. The minimum Gasteiger partial charge on any atom is -0.480 e.